The van der Waals surface area contributed by atoms with Gasteiger partial charge in [0.05, 0.1) is 0 Å². The summed E-state index contributed by atoms with van der Waals surface area (Å²) >= 11 is 0. The van der Waals surface area contributed by atoms with E-state index in [2.05, 4.69) is 42.2 Å². The molecule has 2 N–H and O–H groups in total. The molecule has 0 amide bonds. The van der Waals surface area contributed by atoms with Crippen LogP contribution in [0.4, 0.5) is 0 Å². The van der Waals surface area contributed by atoms with Gasteiger partial charge in [-0.15, -0.1) is 0 Å². The lowest BCUT2D eigenvalue weighted by Crippen LogP contribution is -2.21. The Morgan fingerprint density at radius 3 is 2.68 bits per heavy atom. The Kier molecular flexibility index (Phi) is 4.27. The molecule has 1 unspecified atom stereocenters. The Hall–Kier alpha value is -1.74. The van der Waals surface area contributed by atoms with Crippen LogP contribution in [0.1, 0.15) is 31.0 Å². The van der Waals surface area contributed by atoms with Gasteiger partial charge in [-0.3, -0.25) is 0 Å². The number of nitrogens with one attached hydrogen (secondary N) is 1. The lowest BCUT2D eigenvalue weighted by atomic mass is 9.99. The second kappa shape index (κ2) is 5.93. The molecule has 0 bridgehead atoms. The van der Waals surface area contributed by atoms with E-state index in [1.165, 1.54) is 5.56 Å². The summed E-state index contributed by atoms with van der Waals surface area (Å²) in [5, 5.41) is 12.8. The molecule has 19 heavy (non-hydrogen) atoms. The molecule has 0 aliphatic carbocycles. The van der Waals surface area contributed by atoms with Crippen LogP contribution in [0.3, 0.4) is 0 Å². The fourth-order valence-corrected chi connectivity index (χ4v) is 2.49. The topological polar surface area (TPSA) is 37.2 Å². The summed E-state index contributed by atoms with van der Waals surface area (Å²) in [5.74, 6) is 0.877. The third kappa shape index (κ3) is 3.38. The average Bonchev–Trinajstić information content (AvgIpc) is 2.78. The highest BCUT2D eigenvalue weighted by atomic mass is 16.3. The van der Waals surface area contributed by atoms with Gasteiger partial charge in [0.15, 0.2) is 0 Å². The molecule has 0 radical (unpaired) electrons. The van der Waals surface area contributed by atoms with Crippen LogP contribution in [0.25, 0.3) is 0 Å². The number of nitrogens with zero attached hydrogens (tertiary/aromatic N) is 1. The van der Waals surface area contributed by atoms with Gasteiger partial charge in [0.2, 0.25) is 0 Å². The average molecular weight is 258 g/mol. The van der Waals surface area contributed by atoms with E-state index in [0.29, 0.717) is 17.7 Å². The summed E-state index contributed by atoms with van der Waals surface area (Å²) < 4.78 is 2.15. The Morgan fingerprint density at radius 1 is 1.26 bits per heavy atom. The first-order valence-electron chi connectivity index (χ1n) is 6.71. The molecule has 102 valence electrons. The Morgan fingerprint density at radius 2 is 2.05 bits per heavy atom. The van der Waals surface area contributed by atoms with Crippen LogP contribution < -0.4 is 5.32 Å². The molecule has 2 aromatic rings. The van der Waals surface area contributed by atoms with E-state index in [4.69, 9.17) is 0 Å². The van der Waals surface area contributed by atoms with Gasteiger partial charge < -0.3 is 15.0 Å². The van der Waals surface area contributed by atoms with Gasteiger partial charge in [-0.05, 0) is 42.3 Å². The minimum absolute atomic E-state index is 0.320. The minimum atomic E-state index is 0.320. The number of benzene rings is 1. The van der Waals surface area contributed by atoms with Crippen LogP contribution in [0.15, 0.2) is 42.7 Å². The Labute approximate surface area is 114 Å². The van der Waals surface area contributed by atoms with Crippen molar-refractivity contribution in [2.24, 2.45) is 5.92 Å². The number of phenols is 1. The van der Waals surface area contributed by atoms with Crippen LogP contribution >= 0.6 is 0 Å². The molecule has 1 aromatic heterocycles. The van der Waals surface area contributed by atoms with Gasteiger partial charge in [0.1, 0.15) is 5.75 Å². The molecule has 2 rings (SSSR count). The zero-order valence-electron chi connectivity index (χ0n) is 11.8. The third-order valence-electron chi connectivity index (χ3n) is 3.39. The number of hydrogen-bond donors (Lipinski definition) is 2. The molecule has 1 heterocycles. The number of aromatic hydroxyl groups is 1. The van der Waals surface area contributed by atoms with E-state index in [1.807, 2.05) is 19.2 Å². The zero-order valence-corrected chi connectivity index (χ0v) is 11.8. The maximum Gasteiger partial charge on any atom is 0.115 e. The zero-order chi connectivity index (χ0) is 13.8. The maximum atomic E-state index is 9.48. The predicted molar refractivity (Wildman–Crippen MR) is 78.3 cm³/mol. The van der Waals surface area contributed by atoms with E-state index in [-0.39, 0.29) is 0 Å². The molecular weight excluding hydrogens is 236 g/mol. The van der Waals surface area contributed by atoms with Gasteiger partial charge in [0, 0.05) is 25.0 Å². The van der Waals surface area contributed by atoms with Crippen LogP contribution in [0.5, 0.6) is 5.75 Å². The van der Waals surface area contributed by atoms with Crippen LogP contribution in [-0.2, 0) is 6.54 Å². The molecule has 1 atom stereocenters. The third-order valence-corrected chi connectivity index (χ3v) is 3.39. The first-order chi connectivity index (χ1) is 9.10. The fourth-order valence-electron chi connectivity index (χ4n) is 2.49. The molecule has 1 aromatic carbocycles. The van der Waals surface area contributed by atoms with Gasteiger partial charge >= 0.3 is 0 Å². The number of phenolic OH excluding ortho intramolecular Hbond substituents is 1. The molecule has 0 fully saturated rings. The van der Waals surface area contributed by atoms with E-state index in [9.17, 15) is 5.11 Å². The first-order valence-corrected chi connectivity index (χ1v) is 6.71. The Balaban J connectivity index is 2.13. The van der Waals surface area contributed by atoms with Crippen LogP contribution in [0.2, 0.25) is 0 Å². The van der Waals surface area contributed by atoms with Gasteiger partial charge in [0.25, 0.3) is 0 Å². The number of rotatable bonds is 5. The SMILES string of the molecule is CNC(c1ccn(Cc2cccc(O)c2)c1)C(C)C. The van der Waals surface area contributed by atoms with Crippen molar-refractivity contribution < 1.29 is 5.11 Å². The van der Waals surface area contributed by atoms with Crippen LogP contribution in [-0.4, -0.2) is 16.7 Å². The molecule has 0 saturated carbocycles. The molecule has 0 aliphatic heterocycles. The van der Waals surface area contributed by atoms with Crippen molar-refractivity contribution in [1.29, 1.82) is 0 Å². The molecule has 3 heteroatoms. The monoisotopic (exact) mass is 258 g/mol. The second-order valence-corrected chi connectivity index (χ2v) is 5.30. The quantitative estimate of drug-likeness (QED) is 0.864. The van der Waals surface area contributed by atoms with Gasteiger partial charge in [-0.1, -0.05) is 26.0 Å². The highest BCUT2D eigenvalue weighted by Gasteiger charge is 2.14. The largest absolute Gasteiger partial charge is 0.508 e. The van der Waals surface area contributed by atoms with Crippen molar-refractivity contribution in [3.05, 3.63) is 53.9 Å². The number of aromatic nitrogens is 1. The Bertz CT molecular complexity index is 531. The smallest absolute Gasteiger partial charge is 0.115 e. The molecule has 3 nitrogen and oxygen atoms in total. The standard InChI is InChI=1S/C16H22N2O/c1-12(2)16(17-3)14-7-8-18(11-14)10-13-5-4-6-15(19)9-13/h4-9,11-12,16-17,19H,10H2,1-3H3. The molecule has 0 spiro atoms. The van der Waals surface area contributed by atoms with Crippen molar-refractivity contribution in [2.75, 3.05) is 7.05 Å². The van der Waals surface area contributed by atoms with E-state index in [0.717, 1.165) is 12.1 Å². The van der Waals surface area contributed by atoms with E-state index >= 15 is 0 Å². The van der Waals surface area contributed by atoms with E-state index < -0.39 is 0 Å². The van der Waals surface area contributed by atoms with E-state index in [1.54, 1.807) is 12.1 Å². The maximum absolute atomic E-state index is 9.48. The molecule has 0 saturated heterocycles. The van der Waals surface area contributed by atoms with Gasteiger partial charge in [-0.2, -0.15) is 0 Å². The minimum Gasteiger partial charge on any atom is -0.508 e. The van der Waals surface area contributed by atoms with Crippen molar-refractivity contribution in [2.45, 2.75) is 26.4 Å². The molecular formula is C16H22N2O. The predicted octanol–water partition coefficient (Wildman–Crippen LogP) is 3.16. The molecule has 0 aliphatic rings. The second-order valence-electron chi connectivity index (χ2n) is 5.30. The number of hydrogen-bond acceptors (Lipinski definition) is 2. The summed E-state index contributed by atoms with van der Waals surface area (Å²) in [6.45, 7) is 5.21. The highest BCUT2D eigenvalue weighted by molar-refractivity contribution is 5.28. The van der Waals surface area contributed by atoms with Crippen molar-refractivity contribution in [3.63, 3.8) is 0 Å². The fraction of sp³-hybridized carbons (Fsp3) is 0.375. The lowest BCUT2D eigenvalue weighted by Gasteiger charge is -2.18. The van der Waals surface area contributed by atoms with Crippen molar-refractivity contribution >= 4 is 0 Å². The van der Waals surface area contributed by atoms with Gasteiger partial charge in [-0.25, -0.2) is 0 Å². The normalized spacial score (nSPS) is 12.8. The summed E-state index contributed by atoms with van der Waals surface area (Å²) in [5.41, 5.74) is 2.41. The van der Waals surface area contributed by atoms with Crippen LogP contribution in [0, 0.1) is 5.92 Å². The summed E-state index contributed by atoms with van der Waals surface area (Å²) in [4.78, 5) is 0. The lowest BCUT2D eigenvalue weighted by molar-refractivity contribution is 0.442. The summed E-state index contributed by atoms with van der Waals surface area (Å²) in [7, 11) is 2.00. The highest BCUT2D eigenvalue weighted by Crippen LogP contribution is 2.22. The first kappa shape index (κ1) is 13.7. The van der Waals surface area contributed by atoms with Crippen molar-refractivity contribution in [3.8, 4) is 5.75 Å². The van der Waals surface area contributed by atoms with Crippen molar-refractivity contribution in [1.82, 2.24) is 9.88 Å². The summed E-state index contributed by atoms with van der Waals surface area (Å²) in [6.07, 6.45) is 4.26. The summed E-state index contributed by atoms with van der Waals surface area (Å²) in [6, 6.07) is 9.93.